The van der Waals surface area contributed by atoms with Crippen LogP contribution in [0.15, 0.2) is 30.3 Å². The van der Waals surface area contributed by atoms with Crippen LogP contribution in [0.1, 0.15) is 32.8 Å². The van der Waals surface area contributed by atoms with E-state index in [2.05, 4.69) is 20.8 Å². The molecule has 2 rings (SSSR count). The monoisotopic (exact) mass is 274 g/mol. The van der Waals surface area contributed by atoms with E-state index in [0.29, 0.717) is 12.3 Å². The zero-order valence-electron chi connectivity index (χ0n) is 12.8. The molecular formula is C17H26N2O. The highest BCUT2D eigenvalue weighted by atomic mass is 16.2. The van der Waals surface area contributed by atoms with Crippen molar-refractivity contribution in [2.75, 3.05) is 13.1 Å². The molecule has 1 heterocycles. The zero-order chi connectivity index (χ0) is 14.8. The molecule has 1 amide bonds. The van der Waals surface area contributed by atoms with Crippen molar-refractivity contribution >= 4 is 5.91 Å². The van der Waals surface area contributed by atoms with E-state index in [1.807, 2.05) is 35.2 Å². The summed E-state index contributed by atoms with van der Waals surface area (Å²) in [5.74, 6) is 0.677. The summed E-state index contributed by atoms with van der Waals surface area (Å²) in [6, 6.07) is 9.57. The van der Waals surface area contributed by atoms with Crippen molar-refractivity contribution < 1.29 is 4.79 Å². The molecule has 0 radical (unpaired) electrons. The number of carbonyl (C=O) groups excluding carboxylic acids is 1. The molecule has 1 aliphatic heterocycles. The summed E-state index contributed by atoms with van der Waals surface area (Å²) in [7, 11) is 0. The summed E-state index contributed by atoms with van der Waals surface area (Å²) < 4.78 is 0. The average Bonchev–Trinajstić information content (AvgIpc) is 2.88. The highest BCUT2D eigenvalue weighted by molar-refractivity contribution is 5.82. The molecule has 2 atom stereocenters. The number of nitrogens with zero attached hydrogens (tertiary/aromatic N) is 1. The van der Waals surface area contributed by atoms with Crippen molar-refractivity contribution in [1.82, 2.24) is 4.90 Å². The number of hydrogen-bond acceptors (Lipinski definition) is 2. The normalized spacial score (nSPS) is 21.0. The number of hydrogen-bond donors (Lipinski definition) is 1. The quantitative estimate of drug-likeness (QED) is 0.920. The lowest BCUT2D eigenvalue weighted by Crippen LogP contribution is -2.44. The van der Waals surface area contributed by atoms with Crippen molar-refractivity contribution in [2.24, 2.45) is 17.1 Å². The van der Waals surface area contributed by atoms with Crippen LogP contribution >= 0.6 is 0 Å². The third kappa shape index (κ3) is 3.60. The molecule has 0 saturated carbocycles. The first kappa shape index (κ1) is 15.0. The van der Waals surface area contributed by atoms with Gasteiger partial charge in [-0.2, -0.15) is 0 Å². The largest absolute Gasteiger partial charge is 0.341 e. The Morgan fingerprint density at radius 2 is 2.00 bits per heavy atom. The van der Waals surface area contributed by atoms with Gasteiger partial charge in [0.05, 0.1) is 6.04 Å². The lowest BCUT2D eigenvalue weighted by molar-refractivity contribution is -0.131. The van der Waals surface area contributed by atoms with Crippen LogP contribution in [0.2, 0.25) is 0 Å². The van der Waals surface area contributed by atoms with Crippen LogP contribution < -0.4 is 5.73 Å². The average molecular weight is 274 g/mol. The summed E-state index contributed by atoms with van der Waals surface area (Å²) in [5, 5.41) is 0. The third-order valence-electron chi connectivity index (χ3n) is 4.34. The van der Waals surface area contributed by atoms with E-state index in [9.17, 15) is 4.79 Å². The number of nitrogens with two attached hydrogens (primary N) is 1. The van der Waals surface area contributed by atoms with Gasteiger partial charge in [-0.25, -0.2) is 0 Å². The lowest BCUT2D eigenvalue weighted by Gasteiger charge is -2.27. The fraction of sp³-hybridized carbons (Fsp3) is 0.588. The fourth-order valence-electron chi connectivity index (χ4n) is 2.86. The van der Waals surface area contributed by atoms with Crippen LogP contribution in [0.5, 0.6) is 0 Å². The van der Waals surface area contributed by atoms with E-state index in [4.69, 9.17) is 5.73 Å². The first-order valence-corrected chi connectivity index (χ1v) is 7.46. The highest BCUT2D eigenvalue weighted by Gasteiger charge is 2.35. The minimum Gasteiger partial charge on any atom is -0.341 e. The predicted octanol–water partition coefficient (Wildman–Crippen LogP) is 2.45. The van der Waals surface area contributed by atoms with E-state index in [1.165, 1.54) is 0 Å². The summed E-state index contributed by atoms with van der Waals surface area (Å²) in [6.45, 7) is 8.44. The predicted molar refractivity (Wildman–Crippen MR) is 82.3 cm³/mol. The van der Waals surface area contributed by atoms with E-state index in [0.717, 1.165) is 25.1 Å². The number of rotatable bonds is 3. The van der Waals surface area contributed by atoms with Gasteiger partial charge in [0.1, 0.15) is 0 Å². The molecule has 2 N–H and O–H groups in total. The molecular weight excluding hydrogens is 248 g/mol. The molecule has 1 unspecified atom stereocenters. The Labute approximate surface area is 122 Å². The maximum absolute atomic E-state index is 12.4. The zero-order valence-corrected chi connectivity index (χ0v) is 12.8. The van der Waals surface area contributed by atoms with Crippen LogP contribution in [0, 0.1) is 11.3 Å². The van der Waals surface area contributed by atoms with Crippen LogP contribution in [0.4, 0.5) is 0 Å². The molecule has 3 nitrogen and oxygen atoms in total. The molecule has 0 bridgehead atoms. The van der Waals surface area contributed by atoms with E-state index >= 15 is 0 Å². The van der Waals surface area contributed by atoms with Gasteiger partial charge in [-0.05, 0) is 29.7 Å². The molecule has 0 aromatic heterocycles. The molecule has 3 heteroatoms. The molecule has 1 aromatic rings. The smallest absolute Gasteiger partial charge is 0.239 e. The Balaban J connectivity index is 1.92. The molecule has 20 heavy (non-hydrogen) atoms. The maximum Gasteiger partial charge on any atom is 0.239 e. The van der Waals surface area contributed by atoms with Crippen molar-refractivity contribution in [1.29, 1.82) is 0 Å². The van der Waals surface area contributed by atoms with E-state index < -0.39 is 6.04 Å². The second-order valence-electron chi connectivity index (χ2n) is 6.93. The number of carbonyl (C=O) groups is 1. The Bertz CT molecular complexity index is 450. The molecule has 0 aliphatic carbocycles. The molecule has 1 saturated heterocycles. The highest BCUT2D eigenvalue weighted by Crippen LogP contribution is 2.33. The summed E-state index contributed by atoms with van der Waals surface area (Å²) in [6.07, 6.45) is 1.71. The fourth-order valence-corrected chi connectivity index (χ4v) is 2.86. The SMILES string of the molecule is CC(C)(C)C1CCN(C(=O)[C@H](N)Cc2ccccc2)C1. The molecule has 110 valence electrons. The minimum absolute atomic E-state index is 0.0978. The number of likely N-dealkylation sites (tertiary alicyclic amines) is 1. The van der Waals surface area contributed by atoms with Crippen molar-refractivity contribution in [3.63, 3.8) is 0 Å². The lowest BCUT2D eigenvalue weighted by atomic mass is 9.80. The number of amides is 1. The van der Waals surface area contributed by atoms with Crippen LogP contribution in [-0.2, 0) is 11.2 Å². The van der Waals surface area contributed by atoms with Gasteiger partial charge in [-0.1, -0.05) is 51.1 Å². The molecule has 1 aliphatic rings. The van der Waals surface area contributed by atoms with Crippen LogP contribution in [0.3, 0.4) is 0 Å². The first-order valence-electron chi connectivity index (χ1n) is 7.46. The Morgan fingerprint density at radius 1 is 1.35 bits per heavy atom. The van der Waals surface area contributed by atoms with Crippen molar-refractivity contribution in [3.8, 4) is 0 Å². The van der Waals surface area contributed by atoms with Gasteiger partial charge in [0, 0.05) is 13.1 Å². The molecule has 1 fully saturated rings. The van der Waals surface area contributed by atoms with E-state index in [1.54, 1.807) is 0 Å². The molecule has 1 aromatic carbocycles. The van der Waals surface area contributed by atoms with Gasteiger partial charge < -0.3 is 10.6 Å². The van der Waals surface area contributed by atoms with Gasteiger partial charge >= 0.3 is 0 Å². The summed E-state index contributed by atoms with van der Waals surface area (Å²) in [4.78, 5) is 14.4. The van der Waals surface area contributed by atoms with Crippen LogP contribution in [0.25, 0.3) is 0 Å². The Kier molecular flexibility index (Phi) is 4.48. The van der Waals surface area contributed by atoms with Crippen molar-refractivity contribution in [2.45, 2.75) is 39.7 Å². The van der Waals surface area contributed by atoms with Crippen LogP contribution in [-0.4, -0.2) is 29.9 Å². The molecule has 0 spiro atoms. The van der Waals surface area contributed by atoms with Crippen molar-refractivity contribution in [3.05, 3.63) is 35.9 Å². The Morgan fingerprint density at radius 3 is 2.55 bits per heavy atom. The second-order valence-corrected chi connectivity index (χ2v) is 6.93. The maximum atomic E-state index is 12.4. The standard InChI is InChI=1S/C17H26N2O/c1-17(2,3)14-9-10-19(12-14)16(20)15(18)11-13-7-5-4-6-8-13/h4-8,14-15H,9-12,18H2,1-3H3/t14?,15-/m1/s1. The van der Waals surface area contributed by atoms with E-state index in [-0.39, 0.29) is 11.3 Å². The van der Waals surface area contributed by atoms with Gasteiger partial charge in [0.2, 0.25) is 5.91 Å². The van der Waals surface area contributed by atoms with Gasteiger partial charge in [0.15, 0.2) is 0 Å². The van der Waals surface area contributed by atoms with Gasteiger partial charge in [0.25, 0.3) is 0 Å². The summed E-state index contributed by atoms with van der Waals surface area (Å²) >= 11 is 0. The first-order chi connectivity index (χ1) is 9.38. The second kappa shape index (κ2) is 5.96. The number of benzene rings is 1. The minimum atomic E-state index is -0.420. The topological polar surface area (TPSA) is 46.3 Å². The Hall–Kier alpha value is -1.35. The van der Waals surface area contributed by atoms with Gasteiger partial charge in [-0.15, -0.1) is 0 Å². The summed E-state index contributed by atoms with van der Waals surface area (Å²) in [5.41, 5.74) is 7.48. The van der Waals surface area contributed by atoms with Gasteiger partial charge in [-0.3, -0.25) is 4.79 Å². The third-order valence-corrected chi connectivity index (χ3v) is 4.34.